The molecule has 0 amide bonds. The van der Waals surface area contributed by atoms with Gasteiger partial charge in [0.1, 0.15) is 5.82 Å². The van der Waals surface area contributed by atoms with Crippen LogP contribution in [0.2, 0.25) is 0 Å². The van der Waals surface area contributed by atoms with Crippen molar-refractivity contribution in [3.63, 3.8) is 0 Å². The molecule has 0 aliphatic carbocycles. The minimum atomic E-state index is -0.206. The molecule has 0 spiro atoms. The molecule has 1 unspecified atom stereocenters. The fraction of sp³-hybridized carbons (Fsp3) is 0.286. The number of benzene rings is 3. The van der Waals surface area contributed by atoms with Crippen molar-refractivity contribution < 1.29 is 4.39 Å². The van der Waals surface area contributed by atoms with Gasteiger partial charge in [-0.2, -0.15) is 0 Å². The molecule has 1 aromatic heterocycles. The second-order valence-electron chi connectivity index (χ2n) is 9.59. The normalized spacial score (nSPS) is 18.7. The van der Waals surface area contributed by atoms with Gasteiger partial charge in [0.05, 0.1) is 17.3 Å². The average Bonchev–Trinajstić information content (AvgIpc) is 3.29. The Kier molecular flexibility index (Phi) is 5.68. The van der Waals surface area contributed by atoms with E-state index in [0.717, 1.165) is 72.6 Å². The molecular weight excluding hydrogens is 439 g/mol. The number of nitrogens with zero attached hydrogens (tertiary/aromatic N) is 4. The van der Waals surface area contributed by atoms with E-state index >= 15 is 0 Å². The predicted molar refractivity (Wildman–Crippen MR) is 137 cm³/mol. The number of aromatic nitrogens is 2. The summed E-state index contributed by atoms with van der Waals surface area (Å²) in [6, 6.07) is 19.6. The number of hydrogen-bond donors (Lipinski definition) is 2. The molecule has 3 aromatic carbocycles. The molecular formula is C28H29FN6. The third-order valence-corrected chi connectivity index (χ3v) is 7.25. The summed E-state index contributed by atoms with van der Waals surface area (Å²) in [5, 5.41) is 4.55. The van der Waals surface area contributed by atoms with Gasteiger partial charge >= 0.3 is 0 Å². The van der Waals surface area contributed by atoms with Crippen molar-refractivity contribution in [3.05, 3.63) is 88.9 Å². The van der Waals surface area contributed by atoms with E-state index in [1.54, 1.807) is 12.1 Å². The summed E-state index contributed by atoms with van der Waals surface area (Å²) in [6.07, 6.45) is 0. The number of likely N-dealkylation sites (N-methyl/N-ethyl adjacent to an activating group) is 1. The maximum atomic E-state index is 14.3. The molecule has 1 fully saturated rings. The lowest BCUT2D eigenvalue weighted by molar-refractivity contribution is 0.148. The van der Waals surface area contributed by atoms with Crippen LogP contribution in [0, 0.1) is 5.82 Å². The maximum Gasteiger partial charge on any atom is 0.220 e. The summed E-state index contributed by atoms with van der Waals surface area (Å²) in [5.41, 5.74) is 13.4. The van der Waals surface area contributed by atoms with Crippen LogP contribution in [0.4, 0.5) is 10.3 Å². The molecule has 3 heterocycles. The number of nitrogen functional groups attached to an aromatic ring is 1. The van der Waals surface area contributed by atoms with Crippen LogP contribution in [0.5, 0.6) is 0 Å². The van der Waals surface area contributed by atoms with Crippen LogP contribution in [0.25, 0.3) is 22.0 Å². The molecule has 2 aliphatic rings. The zero-order valence-electron chi connectivity index (χ0n) is 19.8. The first-order valence-corrected chi connectivity index (χ1v) is 12.1. The van der Waals surface area contributed by atoms with Crippen LogP contribution < -0.4 is 11.1 Å². The van der Waals surface area contributed by atoms with Crippen molar-refractivity contribution in [1.82, 2.24) is 25.1 Å². The molecule has 1 saturated heterocycles. The first-order chi connectivity index (χ1) is 17.0. The number of piperazine rings is 1. The Labute approximate surface area is 204 Å². The quantitative estimate of drug-likeness (QED) is 0.473. The predicted octanol–water partition coefficient (Wildman–Crippen LogP) is 3.96. The summed E-state index contributed by atoms with van der Waals surface area (Å²) in [6.45, 7) is 5.53. The van der Waals surface area contributed by atoms with Gasteiger partial charge in [-0.05, 0) is 59.1 Å². The lowest BCUT2D eigenvalue weighted by Gasteiger charge is -2.32. The number of rotatable bonds is 4. The van der Waals surface area contributed by atoms with Crippen molar-refractivity contribution in [3.8, 4) is 11.1 Å². The van der Waals surface area contributed by atoms with Gasteiger partial charge in [-0.3, -0.25) is 4.90 Å². The lowest BCUT2D eigenvalue weighted by atomic mass is 9.95. The standard InChI is InChI=1S/C28H29FN6/c1-34-10-12-35(13-11-34)17-20-14-21(29)7-8-22(20)18-6-9-25-24(15-18)27(33-28(30)32-25)26-23-5-3-2-4-19(23)16-31-26/h2-9,14-15,26,31H,10-13,16-17H2,1H3,(H2,30,32,33). The van der Waals surface area contributed by atoms with E-state index in [1.807, 2.05) is 12.1 Å². The number of nitrogens with one attached hydrogen (secondary N) is 1. The van der Waals surface area contributed by atoms with Crippen molar-refractivity contribution in [2.45, 2.75) is 19.1 Å². The maximum absolute atomic E-state index is 14.3. The zero-order chi connectivity index (χ0) is 23.9. The van der Waals surface area contributed by atoms with E-state index in [9.17, 15) is 4.39 Å². The van der Waals surface area contributed by atoms with E-state index in [1.165, 1.54) is 11.1 Å². The number of halogens is 1. The molecule has 6 nitrogen and oxygen atoms in total. The Morgan fingerprint density at radius 1 is 1.00 bits per heavy atom. The highest BCUT2D eigenvalue weighted by atomic mass is 19.1. The fourth-order valence-corrected chi connectivity index (χ4v) is 5.32. The second-order valence-corrected chi connectivity index (χ2v) is 9.59. The average molecular weight is 469 g/mol. The number of hydrogen-bond acceptors (Lipinski definition) is 6. The number of fused-ring (bicyclic) bond motifs is 2. The lowest BCUT2D eigenvalue weighted by Crippen LogP contribution is -2.43. The van der Waals surface area contributed by atoms with E-state index in [2.05, 4.69) is 68.5 Å². The Balaban J connectivity index is 1.43. The third-order valence-electron chi connectivity index (χ3n) is 7.25. The Morgan fingerprint density at radius 2 is 1.83 bits per heavy atom. The third kappa shape index (κ3) is 4.27. The molecule has 2 aliphatic heterocycles. The van der Waals surface area contributed by atoms with Gasteiger partial charge in [0, 0.05) is 44.7 Å². The highest BCUT2D eigenvalue weighted by Gasteiger charge is 2.27. The highest BCUT2D eigenvalue weighted by molar-refractivity contribution is 5.88. The van der Waals surface area contributed by atoms with Gasteiger partial charge < -0.3 is 16.0 Å². The van der Waals surface area contributed by atoms with Crippen molar-refractivity contribution in [2.24, 2.45) is 0 Å². The van der Waals surface area contributed by atoms with Gasteiger partial charge in [0.15, 0.2) is 0 Å². The van der Waals surface area contributed by atoms with Crippen LogP contribution in [0.1, 0.15) is 28.4 Å². The van der Waals surface area contributed by atoms with E-state index < -0.39 is 0 Å². The van der Waals surface area contributed by atoms with Gasteiger partial charge in [-0.15, -0.1) is 0 Å². The second kappa shape index (κ2) is 9.00. The van der Waals surface area contributed by atoms with Crippen LogP contribution >= 0.6 is 0 Å². The van der Waals surface area contributed by atoms with E-state index in [-0.39, 0.29) is 17.8 Å². The molecule has 7 heteroatoms. The molecule has 1 atom stereocenters. The molecule has 0 bridgehead atoms. The van der Waals surface area contributed by atoms with Crippen molar-refractivity contribution in [2.75, 3.05) is 39.0 Å². The minimum Gasteiger partial charge on any atom is -0.368 e. The van der Waals surface area contributed by atoms with Crippen molar-refractivity contribution in [1.29, 1.82) is 0 Å². The molecule has 178 valence electrons. The van der Waals surface area contributed by atoms with E-state index in [4.69, 9.17) is 5.73 Å². The zero-order valence-corrected chi connectivity index (χ0v) is 19.8. The smallest absolute Gasteiger partial charge is 0.220 e. The van der Waals surface area contributed by atoms with Gasteiger partial charge in [0.25, 0.3) is 0 Å². The first kappa shape index (κ1) is 22.1. The van der Waals surface area contributed by atoms with E-state index in [0.29, 0.717) is 0 Å². The summed E-state index contributed by atoms with van der Waals surface area (Å²) >= 11 is 0. The highest BCUT2D eigenvalue weighted by Crippen LogP contribution is 2.36. The summed E-state index contributed by atoms with van der Waals surface area (Å²) in [4.78, 5) is 13.9. The Bertz CT molecular complexity index is 1400. The Hall–Kier alpha value is -3.39. The summed E-state index contributed by atoms with van der Waals surface area (Å²) in [7, 11) is 2.14. The monoisotopic (exact) mass is 468 g/mol. The van der Waals surface area contributed by atoms with Crippen LogP contribution in [-0.4, -0.2) is 53.0 Å². The van der Waals surface area contributed by atoms with Crippen molar-refractivity contribution >= 4 is 16.9 Å². The summed E-state index contributed by atoms with van der Waals surface area (Å²) in [5.74, 6) is 0.0613. The van der Waals surface area contributed by atoms with Gasteiger partial charge in [-0.25, -0.2) is 14.4 Å². The molecule has 6 rings (SSSR count). The van der Waals surface area contributed by atoms with Crippen LogP contribution in [0.15, 0.2) is 60.7 Å². The largest absolute Gasteiger partial charge is 0.368 e. The molecule has 0 saturated carbocycles. The minimum absolute atomic E-state index is 0.0488. The van der Waals surface area contributed by atoms with Gasteiger partial charge in [-0.1, -0.05) is 36.4 Å². The van der Waals surface area contributed by atoms with Crippen LogP contribution in [0.3, 0.4) is 0 Å². The number of anilines is 1. The Morgan fingerprint density at radius 3 is 2.69 bits per heavy atom. The van der Waals surface area contributed by atoms with Gasteiger partial charge in [0.2, 0.25) is 5.95 Å². The summed E-state index contributed by atoms with van der Waals surface area (Å²) < 4.78 is 14.3. The molecule has 0 radical (unpaired) electrons. The first-order valence-electron chi connectivity index (χ1n) is 12.1. The molecule has 3 N–H and O–H groups in total. The number of nitrogens with two attached hydrogens (primary N) is 1. The van der Waals surface area contributed by atoms with Crippen LogP contribution in [-0.2, 0) is 13.1 Å². The molecule has 4 aromatic rings. The fourth-order valence-electron chi connectivity index (χ4n) is 5.32. The SMILES string of the molecule is CN1CCN(Cc2cc(F)ccc2-c2ccc3nc(N)nc(C4NCc5ccccc54)c3c2)CC1. The molecule has 35 heavy (non-hydrogen) atoms. The topological polar surface area (TPSA) is 70.3 Å².